The smallest absolute Gasteiger partial charge is 0.251 e. The second-order valence-electron chi connectivity index (χ2n) is 5.50. The number of amides is 1. The van der Waals surface area contributed by atoms with E-state index in [-0.39, 0.29) is 10.7 Å². The van der Waals surface area contributed by atoms with E-state index >= 15 is 0 Å². The van der Waals surface area contributed by atoms with Crippen molar-refractivity contribution in [3.8, 4) is 0 Å². The van der Waals surface area contributed by atoms with Crippen molar-refractivity contribution in [1.29, 1.82) is 0 Å². The van der Waals surface area contributed by atoms with Gasteiger partial charge in [-0.05, 0) is 44.6 Å². The largest absolute Gasteiger partial charge is 0.381 e. The Morgan fingerprint density at radius 2 is 2.05 bits per heavy atom. The van der Waals surface area contributed by atoms with E-state index in [4.69, 9.17) is 4.74 Å². The second-order valence-corrected chi connectivity index (χ2v) is 6.77. The first-order valence-electron chi connectivity index (χ1n) is 7.05. The molecule has 0 saturated carbocycles. The second kappa shape index (κ2) is 6.64. The SMILES string of the molecule is CSC1(CNC(=O)c2ccc(C)cc2C)CCOCC1. The van der Waals surface area contributed by atoms with Crippen molar-refractivity contribution in [1.82, 2.24) is 5.32 Å². The average molecular weight is 293 g/mol. The quantitative estimate of drug-likeness (QED) is 0.927. The van der Waals surface area contributed by atoms with Gasteiger partial charge >= 0.3 is 0 Å². The highest BCUT2D eigenvalue weighted by molar-refractivity contribution is 8.00. The molecule has 1 fully saturated rings. The third-order valence-corrected chi connectivity index (χ3v) is 5.45. The molecule has 20 heavy (non-hydrogen) atoms. The van der Waals surface area contributed by atoms with Crippen LogP contribution in [-0.2, 0) is 4.74 Å². The predicted octanol–water partition coefficient (Wildman–Crippen LogP) is 2.95. The highest BCUT2D eigenvalue weighted by Crippen LogP contribution is 2.33. The number of thioether (sulfide) groups is 1. The minimum absolute atomic E-state index is 0.0300. The summed E-state index contributed by atoms with van der Waals surface area (Å²) < 4.78 is 5.56. The molecule has 110 valence electrons. The molecule has 1 aliphatic rings. The summed E-state index contributed by atoms with van der Waals surface area (Å²) >= 11 is 1.84. The fourth-order valence-corrected chi connectivity index (χ4v) is 3.39. The molecule has 0 radical (unpaired) electrons. The molecular formula is C16H23NO2S. The lowest BCUT2D eigenvalue weighted by atomic mass is 9.98. The molecule has 0 aliphatic carbocycles. The molecule has 0 aromatic heterocycles. The fourth-order valence-electron chi connectivity index (χ4n) is 2.60. The van der Waals surface area contributed by atoms with E-state index in [2.05, 4.69) is 11.6 Å². The Kier molecular flexibility index (Phi) is 5.11. The zero-order chi connectivity index (χ0) is 14.6. The zero-order valence-corrected chi connectivity index (χ0v) is 13.3. The predicted molar refractivity (Wildman–Crippen MR) is 84.5 cm³/mol. The van der Waals surface area contributed by atoms with Crippen LogP contribution >= 0.6 is 11.8 Å². The van der Waals surface area contributed by atoms with E-state index in [0.717, 1.165) is 37.2 Å². The number of rotatable bonds is 4. The summed E-state index contributed by atoms with van der Waals surface area (Å²) in [6, 6.07) is 5.95. The molecule has 1 saturated heterocycles. The van der Waals surface area contributed by atoms with Crippen LogP contribution < -0.4 is 5.32 Å². The zero-order valence-electron chi connectivity index (χ0n) is 12.5. The van der Waals surface area contributed by atoms with Gasteiger partial charge in [0.15, 0.2) is 0 Å². The molecule has 1 aromatic carbocycles. The van der Waals surface area contributed by atoms with Crippen LogP contribution in [0.5, 0.6) is 0 Å². The molecule has 1 aromatic rings. The maximum Gasteiger partial charge on any atom is 0.251 e. The first kappa shape index (κ1) is 15.4. The van der Waals surface area contributed by atoms with Crippen LogP contribution in [0.1, 0.15) is 34.3 Å². The van der Waals surface area contributed by atoms with Gasteiger partial charge in [0.1, 0.15) is 0 Å². The third kappa shape index (κ3) is 3.55. The molecule has 4 heteroatoms. The van der Waals surface area contributed by atoms with Gasteiger partial charge in [-0.15, -0.1) is 0 Å². The summed E-state index contributed by atoms with van der Waals surface area (Å²) in [6.45, 7) is 6.32. The molecule has 1 aliphatic heterocycles. The summed E-state index contributed by atoms with van der Waals surface area (Å²) in [7, 11) is 0. The van der Waals surface area contributed by atoms with Crippen LogP contribution in [0.3, 0.4) is 0 Å². The van der Waals surface area contributed by atoms with Crippen molar-refractivity contribution < 1.29 is 9.53 Å². The molecule has 0 bridgehead atoms. The van der Waals surface area contributed by atoms with Gasteiger partial charge in [-0.1, -0.05) is 17.7 Å². The lowest BCUT2D eigenvalue weighted by Gasteiger charge is -2.35. The summed E-state index contributed by atoms with van der Waals surface area (Å²) in [4.78, 5) is 12.3. The lowest BCUT2D eigenvalue weighted by Crippen LogP contribution is -2.44. The maximum atomic E-state index is 12.3. The molecule has 2 rings (SSSR count). The normalized spacial score (nSPS) is 17.8. The van der Waals surface area contributed by atoms with Gasteiger partial charge < -0.3 is 10.1 Å². The highest BCUT2D eigenvalue weighted by atomic mass is 32.2. The van der Waals surface area contributed by atoms with E-state index in [1.54, 1.807) is 0 Å². The van der Waals surface area contributed by atoms with Gasteiger partial charge in [-0.3, -0.25) is 4.79 Å². The summed E-state index contributed by atoms with van der Waals surface area (Å²) in [5.74, 6) is 0.0300. The number of ether oxygens (including phenoxy) is 1. The van der Waals surface area contributed by atoms with Crippen LogP contribution in [0.2, 0.25) is 0 Å². The Morgan fingerprint density at radius 3 is 2.65 bits per heavy atom. The number of aryl methyl sites for hydroxylation is 2. The number of carbonyl (C=O) groups is 1. The molecule has 3 nitrogen and oxygen atoms in total. The van der Waals surface area contributed by atoms with Crippen LogP contribution in [0.25, 0.3) is 0 Å². The van der Waals surface area contributed by atoms with Gasteiger partial charge in [-0.25, -0.2) is 0 Å². The van der Waals surface area contributed by atoms with E-state index in [9.17, 15) is 4.79 Å². The Labute approximate surface area is 125 Å². The van der Waals surface area contributed by atoms with Crippen LogP contribution in [0.4, 0.5) is 0 Å². The topological polar surface area (TPSA) is 38.3 Å². The molecule has 0 spiro atoms. The Balaban J connectivity index is 2.00. The van der Waals surface area contributed by atoms with E-state index < -0.39 is 0 Å². The van der Waals surface area contributed by atoms with Crippen LogP contribution in [0.15, 0.2) is 18.2 Å². The Morgan fingerprint density at radius 1 is 1.35 bits per heavy atom. The van der Waals surface area contributed by atoms with Gasteiger partial charge in [0, 0.05) is 30.1 Å². The van der Waals surface area contributed by atoms with Gasteiger partial charge in [0.2, 0.25) is 0 Å². The van der Waals surface area contributed by atoms with Crippen molar-refractivity contribution in [3.63, 3.8) is 0 Å². The number of hydrogen-bond acceptors (Lipinski definition) is 3. The van der Waals surface area contributed by atoms with Crippen molar-refractivity contribution >= 4 is 17.7 Å². The van der Waals surface area contributed by atoms with Crippen LogP contribution in [-0.4, -0.2) is 36.7 Å². The summed E-state index contributed by atoms with van der Waals surface area (Å²) in [5.41, 5.74) is 3.00. The summed E-state index contributed by atoms with van der Waals surface area (Å²) in [6.07, 6.45) is 4.12. The van der Waals surface area contributed by atoms with Crippen molar-refractivity contribution in [2.75, 3.05) is 26.0 Å². The minimum Gasteiger partial charge on any atom is -0.381 e. The number of carbonyl (C=O) groups excluding carboxylic acids is 1. The Bertz CT molecular complexity index is 481. The van der Waals surface area contributed by atoms with Gasteiger partial charge in [0.05, 0.1) is 0 Å². The van der Waals surface area contributed by atoms with Crippen molar-refractivity contribution in [2.45, 2.75) is 31.4 Å². The van der Waals surface area contributed by atoms with Gasteiger partial charge in [-0.2, -0.15) is 11.8 Å². The monoisotopic (exact) mass is 293 g/mol. The van der Waals surface area contributed by atoms with E-state index in [1.807, 2.05) is 43.8 Å². The van der Waals surface area contributed by atoms with Gasteiger partial charge in [0.25, 0.3) is 5.91 Å². The lowest BCUT2D eigenvalue weighted by molar-refractivity contribution is 0.0742. The fraction of sp³-hybridized carbons (Fsp3) is 0.562. The molecule has 1 amide bonds. The molecular weight excluding hydrogens is 270 g/mol. The number of nitrogens with one attached hydrogen (secondary N) is 1. The third-order valence-electron chi connectivity index (χ3n) is 4.03. The number of hydrogen-bond donors (Lipinski definition) is 1. The maximum absolute atomic E-state index is 12.3. The number of benzene rings is 1. The standard InChI is InChI=1S/C16H23NO2S/c1-12-4-5-14(13(2)10-12)15(18)17-11-16(20-3)6-8-19-9-7-16/h4-5,10H,6-9,11H2,1-3H3,(H,17,18). The van der Waals surface area contributed by atoms with Crippen molar-refractivity contribution in [2.24, 2.45) is 0 Å². The molecule has 1 N–H and O–H groups in total. The molecule has 1 heterocycles. The summed E-state index contributed by atoms with van der Waals surface area (Å²) in [5, 5.41) is 3.11. The van der Waals surface area contributed by atoms with E-state index in [1.165, 1.54) is 5.56 Å². The molecule has 0 unspecified atom stereocenters. The average Bonchev–Trinajstić information content (AvgIpc) is 2.46. The first-order valence-corrected chi connectivity index (χ1v) is 8.27. The van der Waals surface area contributed by atoms with E-state index in [0.29, 0.717) is 6.54 Å². The Hall–Kier alpha value is -1.00. The highest BCUT2D eigenvalue weighted by Gasteiger charge is 2.32. The van der Waals surface area contributed by atoms with Crippen molar-refractivity contribution in [3.05, 3.63) is 34.9 Å². The minimum atomic E-state index is 0.0300. The molecule has 0 atom stereocenters. The first-order chi connectivity index (χ1) is 9.56. The van der Waals surface area contributed by atoms with Crippen LogP contribution in [0, 0.1) is 13.8 Å².